The quantitative estimate of drug-likeness (QED) is 0.0195. The van der Waals surface area contributed by atoms with E-state index in [9.17, 15) is 19.0 Å². The average molecular weight is 1120 g/mol. The first-order valence-corrected chi connectivity index (χ1v) is 34.5. The zero-order valence-electron chi connectivity index (χ0n) is 51.9. The average Bonchev–Trinajstić information content (AvgIpc) is 3.41. The number of esters is 2. The first-order valence-electron chi connectivity index (χ1n) is 33.0. The topological polar surface area (TPSA) is 111 Å². The largest absolute Gasteiger partial charge is 0.756 e. The van der Waals surface area contributed by atoms with Crippen LogP contribution in [0.1, 0.15) is 309 Å². The van der Waals surface area contributed by atoms with Gasteiger partial charge in [0.2, 0.25) is 0 Å². The number of phosphoric acid groups is 1. The van der Waals surface area contributed by atoms with E-state index in [4.69, 9.17) is 18.5 Å². The summed E-state index contributed by atoms with van der Waals surface area (Å²) in [5.41, 5.74) is 0. The molecule has 2 unspecified atom stereocenters. The molecule has 9 nitrogen and oxygen atoms in total. The van der Waals surface area contributed by atoms with Crippen LogP contribution in [0, 0.1) is 0 Å². The van der Waals surface area contributed by atoms with Crippen molar-refractivity contribution in [2.75, 3.05) is 47.5 Å². The highest BCUT2D eigenvalue weighted by molar-refractivity contribution is 7.45. The molecule has 0 aliphatic rings. The zero-order chi connectivity index (χ0) is 57.0. The zero-order valence-corrected chi connectivity index (χ0v) is 52.8. The number of carbonyl (C=O) groups is 2. The SMILES string of the molecule is CC/C=C\C/C=C\C/C=C\C/C=C\CCCCCCCCCCCCCCCCCCCCCCCCCCC(=O)OC(COC(=O)CCCCCCCCC/C=C\CCCCCCCC)COP(=O)([O-])OCC[N+](C)(C)C. The molecule has 10 heteroatoms. The molecule has 0 fully saturated rings. The van der Waals surface area contributed by atoms with Gasteiger partial charge in [-0.15, -0.1) is 0 Å². The fourth-order valence-electron chi connectivity index (χ4n) is 9.47. The highest BCUT2D eigenvalue weighted by Crippen LogP contribution is 2.38. The Balaban J connectivity index is 3.94. The molecular formula is C68H126NO8P. The van der Waals surface area contributed by atoms with Gasteiger partial charge in [0.05, 0.1) is 27.7 Å². The molecule has 0 spiro atoms. The standard InChI is InChI=1S/C68H126NO8P/c1-6-8-10-12-14-16-18-20-22-24-25-26-27-28-29-30-31-32-33-34-35-36-37-38-39-40-41-42-43-45-47-49-51-53-55-57-59-61-68(71)77-66(65-76-78(72,73)75-63-62-69(3,4)5)64-74-67(70)60-58-56-54-52-50-48-46-44-23-21-19-17-15-13-11-9-7-2/h8,10,14,16,20-23,25-26,66H,6-7,9,11-13,15,17-19,24,27-65H2,1-5H3/b10-8-,16-14-,22-20-,23-21-,26-25-. The number of rotatable bonds is 61. The Morgan fingerprint density at radius 1 is 0.410 bits per heavy atom. The number of likely N-dealkylation sites (N-methyl/N-ethyl adjacent to an activating group) is 1. The van der Waals surface area contributed by atoms with Crippen LogP contribution in [0.15, 0.2) is 60.8 Å². The monoisotopic (exact) mass is 1120 g/mol. The molecule has 0 aromatic heterocycles. The number of unbranched alkanes of at least 4 members (excludes halogenated alkanes) is 37. The normalized spacial score (nSPS) is 13.6. The highest BCUT2D eigenvalue weighted by Gasteiger charge is 2.22. The van der Waals surface area contributed by atoms with E-state index in [1.165, 1.54) is 205 Å². The van der Waals surface area contributed by atoms with Gasteiger partial charge >= 0.3 is 11.9 Å². The lowest BCUT2D eigenvalue weighted by molar-refractivity contribution is -0.870. The molecule has 0 amide bonds. The molecule has 0 aliphatic heterocycles. The maximum absolute atomic E-state index is 12.8. The van der Waals surface area contributed by atoms with Crippen LogP contribution < -0.4 is 4.89 Å². The van der Waals surface area contributed by atoms with E-state index >= 15 is 0 Å². The molecule has 0 rings (SSSR count). The van der Waals surface area contributed by atoms with Crippen molar-refractivity contribution in [1.82, 2.24) is 0 Å². The van der Waals surface area contributed by atoms with E-state index in [1.54, 1.807) is 0 Å². The molecule has 0 aromatic rings. The number of quaternary nitrogens is 1. The smallest absolute Gasteiger partial charge is 0.306 e. The van der Waals surface area contributed by atoms with E-state index in [-0.39, 0.29) is 32.0 Å². The fraction of sp³-hybridized carbons (Fsp3) is 0.824. The van der Waals surface area contributed by atoms with Crippen LogP contribution in [0.25, 0.3) is 0 Å². The van der Waals surface area contributed by atoms with Gasteiger partial charge in [-0.2, -0.15) is 0 Å². The maximum atomic E-state index is 12.8. The summed E-state index contributed by atoms with van der Waals surface area (Å²) in [6, 6.07) is 0. The van der Waals surface area contributed by atoms with Crippen molar-refractivity contribution in [2.45, 2.75) is 315 Å². The van der Waals surface area contributed by atoms with Crippen LogP contribution in [-0.4, -0.2) is 70.0 Å². The van der Waals surface area contributed by atoms with Gasteiger partial charge in [0, 0.05) is 12.8 Å². The van der Waals surface area contributed by atoms with E-state index in [0.717, 1.165) is 70.6 Å². The number of nitrogens with zero attached hydrogens (tertiary/aromatic N) is 1. The van der Waals surface area contributed by atoms with Gasteiger partial charge in [0.15, 0.2) is 6.10 Å². The number of hydrogen-bond donors (Lipinski definition) is 0. The van der Waals surface area contributed by atoms with Crippen LogP contribution in [0.5, 0.6) is 0 Å². The van der Waals surface area contributed by atoms with E-state index in [0.29, 0.717) is 17.4 Å². The molecule has 0 saturated carbocycles. The van der Waals surface area contributed by atoms with Gasteiger partial charge in [-0.3, -0.25) is 14.2 Å². The minimum atomic E-state index is -4.64. The van der Waals surface area contributed by atoms with E-state index in [2.05, 4.69) is 74.6 Å². The number of allylic oxidation sites excluding steroid dienone is 10. The van der Waals surface area contributed by atoms with Crippen LogP contribution in [0.3, 0.4) is 0 Å². The summed E-state index contributed by atoms with van der Waals surface area (Å²) in [6.45, 7) is 4.16. The summed E-state index contributed by atoms with van der Waals surface area (Å²) >= 11 is 0. The Hall–Kier alpha value is -2.29. The van der Waals surface area contributed by atoms with Crippen molar-refractivity contribution in [3.8, 4) is 0 Å². The van der Waals surface area contributed by atoms with Crippen LogP contribution in [-0.2, 0) is 32.7 Å². The van der Waals surface area contributed by atoms with Gasteiger partial charge in [-0.25, -0.2) is 0 Å². The molecule has 0 saturated heterocycles. The molecule has 78 heavy (non-hydrogen) atoms. The predicted molar refractivity (Wildman–Crippen MR) is 333 cm³/mol. The van der Waals surface area contributed by atoms with Gasteiger partial charge in [0.1, 0.15) is 19.8 Å². The van der Waals surface area contributed by atoms with E-state index in [1.807, 2.05) is 21.1 Å². The number of phosphoric ester groups is 1. The van der Waals surface area contributed by atoms with Crippen molar-refractivity contribution < 1.29 is 42.1 Å². The van der Waals surface area contributed by atoms with Gasteiger partial charge in [0.25, 0.3) is 7.82 Å². The fourth-order valence-corrected chi connectivity index (χ4v) is 10.2. The summed E-state index contributed by atoms with van der Waals surface area (Å²) < 4.78 is 34.2. The lowest BCUT2D eigenvalue weighted by atomic mass is 10.0. The van der Waals surface area contributed by atoms with Gasteiger partial charge in [-0.1, -0.05) is 280 Å². The Morgan fingerprint density at radius 3 is 1.10 bits per heavy atom. The first kappa shape index (κ1) is 75.7. The van der Waals surface area contributed by atoms with Gasteiger partial charge < -0.3 is 27.9 Å². The van der Waals surface area contributed by atoms with Crippen molar-refractivity contribution >= 4 is 19.8 Å². The number of hydrogen-bond acceptors (Lipinski definition) is 8. The highest BCUT2D eigenvalue weighted by atomic mass is 31.2. The predicted octanol–water partition coefficient (Wildman–Crippen LogP) is 20.4. The van der Waals surface area contributed by atoms with Gasteiger partial charge in [-0.05, 0) is 77.0 Å². The maximum Gasteiger partial charge on any atom is 0.306 e. The van der Waals surface area contributed by atoms with Crippen molar-refractivity contribution in [3.05, 3.63) is 60.8 Å². The number of carbonyl (C=O) groups excluding carboxylic acids is 2. The molecule has 0 N–H and O–H groups in total. The third-order valence-corrected chi connectivity index (χ3v) is 15.5. The second-order valence-electron chi connectivity index (χ2n) is 23.5. The molecule has 0 aromatic carbocycles. The molecule has 0 bridgehead atoms. The minimum Gasteiger partial charge on any atom is -0.756 e. The molecule has 456 valence electrons. The lowest BCUT2D eigenvalue weighted by Gasteiger charge is -2.28. The third-order valence-electron chi connectivity index (χ3n) is 14.5. The first-order chi connectivity index (χ1) is 38.0. The Bertz CT molecular complexity index is 1500. The molecular weight excluding hydrogens is 990 g/mol. The number of ether oxygens (including phenoxy) is 2. The minimum absolute atomic E-state index is 0.0301. The summed E-state index contributed by atoms with van der Waals surface area (Å²) in [5.74, 6) is -0.824. The summed E-state index contributed by atoms with van der Waals surface area (Å²) in [6.07, 6.45) is 77.3. The summed E-state index contributed by atoms with van der Waals surface area (Å²) in [4.78, 5) is 37.9. The second-order valence-corrected chi connectivity index (χ2v) is 24.9. The Morgan fingerprint density at radius 2 is 0.731 bits per heavy atom. The molecule has 0 radical (unpaired) electrons. The Labute approximate surface area is 483 Å². The van der Waals surface area contributed by atoms with Crippen molar-refractivity contribution in [1.29, 1.82) is 0 Å². The van der Waals surface area contributed by atoms with Crippen LogP contribution in [0.2, 0.25) is 0 Å². The molecule has 0 aliphatic carbocycles. The van der Waals surface area contributed by atoms with Crippen molar-refractivity contribution in [3.63, 3.8) is 0 Å². The second kappa shape index (κ2) is 59.3. The van der Waals surface area contributed by atoms with Crippen molar-refractivity contribution in [2.24, 2.45) is 0 Å². The van der Waals surface area contributed by atoms with Crippen LogP contribution >= 0.6 is 7.82 Å². The van der Waals surface area contributed by atoms with E-state index < -0.39 is 26.5 Å². The van der Waals surface area contributed by atoms with Crippen LogP contribution in [0.4, 0.5) is 0 Å². The molecule has 2 atom stereocenters. The third kappa shape index (κ3) is 62.9. The summed E-state index contributed by atoms with van der Waals surface area (Å²) in [7, 11) is 1.18. The molecule has 0 heterocycles. The summed E-state index contributed by atoms with van der Waals surface area (Å²) in [5, 5.41) is 0. The lowest BCUT2D eigenvalue weighted by Crippen LogP contribution is -2.37. The Kier molecular flexibility index (Phi) is 57.6.